The van der Waals surface area contributed by atoms with Crippen molar-refractivity contribution < 1.29 is 23.8 Å². The first-order chi connectivity index (χ1) is 9.15. The van der Waals surface area contributed by atoms with Crippen molar-refractivity contribution >= 4 is 11.9 Å². The van der Waals surface area contributed by atoms with E-state index in [4.69, 9.17) is 9.15 Å². The van der Waals surface area contributed by atoms with Crippen LogP contribution in [0, 0.1) is 5.92 Å². The van der Waals surface area contributed by atoms with Crippen molar-refractivity contribution in [2.24, 2.45) is 5.92 Å². The van der Waals surface area contributed by atoms with Gasteiger partial charge < -0.3 is 14.3 Å². The van der Waals surface area contributed by atoms with Gasteiger partial charge in [0.05, 0.1) is 12.5 Å². The van der Waals surface area contributed by atoms with Crippen molar-refractivity contribution in [3.63, 3.8) is 0 Å². The zero-order chi connectivity index (χ0) is 13.8. The minimum Gasteiger partial charge on any atom is -0.481 e. The first-order valence-corrected chi connectivity index (χ1v) is 6.48. The Bertz CT molecular complexity index is 467. The molecule has 1 aliphatic carbocycles. The summed E-state index contributed by atoms with van der Waals surface area (Å²) in [5.74, 6) is -1.87. The summed E-state index contributed by atoms with van der Waals surface area (Å²) in [5, 5.41) is 9.26. The number of carbonyl (C=O) groups is 2. The van der Waals surface area contributed by atoms with Crippen molar-refractivity contribution in [1.29, 1.82) is 0 Å². The molecule has 19 heavy (non-hydrogen) atoms. The fourth-order valence-electron chi connectivity index (χ4n) is 2.61. The molecule has 1 heterocycles. The predicted molar refractivity (Wildman–Crippen MR) is 64.8 cm³/mol. The Morgan fingerprint density at radius 3 is 2.89 bits per heavy atom. The second kappa shape index (κ2) is 5.86. The van der Waals surface area contributed by atoms with Crippen LogP contribution in [0.5, 0.6) is 0 Å². The highest BCUT2D eigenvalue weighted by Crippen LogP contribution is 2.39. The molecule has 104 valence electrons. The third kappa shape index (κ3) is 2.77. The summed E-state index contributed by atoms with van der Waals surface area (Å²) in [4.78, 5) is 26.9. The van der Waals surface area contributed by atoms with Crippen LogP contribution in [0.2, 0.25) is 0 Å². The Kier molecular flexibility index (Phi) is 4.19. The molecule has 0 saturated heterocycles. The second-order valence-corrected chi connectivity index (χ2v) is 4.62. The first kappa shape index (κ1) is 13.6. The van der Waals surface area contributed by atoms with Crippen LogP contribution in [0.15, 0.2) is 10.8 Å². The summed E-state index contributed by atoms with van der Waals surface area (Å²) < 4.78 is 10.2. The molecule has 1 fully saturated rings. The number of aliphatic carboxylic acids is 1. The van der Waals surface area contributed by atoms with Gasteiger partial charge in [-0.2, -0.15) is 0 Å². The van der Waals surface area contributed by atoms with Crippen LogP contribution in [0.1, 0.15) is 54.8 Å². The normalized spacial score (nSPS) is 23.0. The molecule has 2 rings (SSSR count). The lowest BCUT2D eigenvalue weighted by Crippen LogP contribution is -2.26. The van der Waals surface area contributed by atoms with Gasteiger partial charge in [0, 0.05) is 5.92 Å². The number of carbonyl (C=O) groups excluding carboxylic acids is 1. The van der Waals surface area contributed by atoms with Gasteiger partial charge in [-0.3, -0.25) is 4.79 Å². The van der Waals surface area contributed by atoms with Crippen LogP contribution < -0.4 is 0 Å². The van der Waals surface area contributed by atoms with Crippen LogP contribution in [0.4, 0.5) is 0 Å². The molecule has 1 saturated carbocycles. The van der Waals surface area contributed by atoms with Crippen LogP contribution in [-0.4, -0.2) is 28.6 Å². The van der Waals surface area contributed by atoms with Crippen LogP contribution in [0.3, 0.4) is 0 Å². The van der Waals surface area contributed by atoms with E-state index in [1.54, 1.807) is 6.92 Å². The molecule has 1 aromatic heterocycles. The average Bonchev–Trinajstić information content (AvgIpc) is 2.88. The predicted octanol–water partition coefficient (Wildman–Crippen LogP) is 2.21. The molecule has 1 aromatic rings. The van der Waals surface area contributed by atoms with Crippen LogP contribution >= 0.6 is 0 Å². The van der Waals surface area contributed by atoms with Gasteiger partial charge in [-0.25, -0.2) is 9.78 Å². The maximum absolute atomic E-state index is 11.8. The Morgan fingerprint density at radius 1 is 1.47 bits per heavy atom. The molecule has 2 unspecified atom stereocenters. The van der Waals surface area contributed by atoms with Gasteiger partial charge in [-0.05, 0) is 19.8 Å². The smallest absolute Gasteiger partial charge is 0.360 e. The number of aromatic nitrogens is 1. The molecule has 0 amide bonds. The van der Waals surface area contributed by atoms with E-state index in [9.17, 15) is 14.7 Å². The highest BCUT2D eigenvalue weighted by molar-refractivity contribution is 5.88. The number of carboxylic acids is 1. The number of esters is 1. The number of rotatable bonds is 4. The van der Waals surface area contributed by atoms with Gasteiger partial charge >= 0.3 is 11.9 Å². The van der Waals surface area contributed by atoms with E-state index in [2.05, 4.69) is 4.98 Å². The maximum Gasteiger partial charge on any atom is 0.360 e. The Hall–Kier alpha value is -1.85. The van der Waals surface area contributed by atoms with E-state index >= 15 is 0 Å². The fourth-order valence-corrected chi connectivity index (χ4v) is 2.61. The lowest BCUT2D eigenvalue weighted by molar-refractivity contribution is -0.143. The quantitative estimate of drug-likeness (QED) is 0.841. The first-order valence-electron chi connectivity index (χ1n) is 6.48. The van der Waals surface area contributed by atoms with Crippen LogP contribution in [0.25, 0.3) is 0 Å². The number of oxazole rings is 1. The van der Waals surface area contributed by atoms with E-state index in [1.807, 2.05) is 0 Å². The van der Waals surface area contributed by atoms with Crippen molar-refractivity contribution in [1.82, 2.24) is 4.98 Å². The van der Waals surface area contributed by atoms with Gasteiger partial charge in [-0.1, -0.05) is 12.8 Å². The zero-order valence-electron chi connectivity index (χ0n) is 10.8. The number of carboxylic acid groups (broad SMARTS) is 1. The summed E-state index contributed by atoms with van der Waals surface area (Å²) in [7, 11) is 0. The summed E-state index contributed by atoms with van der Waals surface area (Å²) in [5.41, 5.74) is 0.111. The Balaban J connectivity index is 2.27. The molecule has 0 aliphatic heterocycles. The molecule has 0 radical (unpaired) electrons. The Morgan fingerprint density at radius 2 is 2.21 bits per heavy atom. The van der Waals surface area contributed by atoms with Gasteiger partial charge in [0.1, 0.15) is 5.76 Å². The third-order valence-electron chi connectivity index (χ3n) is 3.48. The largest absolute Gasteiger partial charge is 0.481 e. The van der Waals surface area contributed by atoms with Gasteiger partial charge in [0.2, 0.25) is 0 Å². The Labute approximate surface area is 110 Å². The van der Waals surface area contributed by atoms with Gasteiger partial charge in [0.15, 0.2) is 12.1 Å². The number of ether oxygens (including phenoxy) is 1. The zero-order valence-corrected chi connectivity index (χ0v) is 10.8. The fraction of sp³-hybridized carbons (Fsp3) is 0.615. The van der Waals surface area contributed by atoms with Crippen molar-refractivity contribution in [2.45, 2.75) is 38.5 Å². The van der Waals surface area contributed by atoms with Crippen molar-refractivity contribution in [3.8, 4) is 0 Å². The third-order valence-corrected chi connectivity index (χ3v) is 3.48. The molecular formula is C13H17NO5. The number of hydrogen-bond donors (Lipinski definition) is 1. The van der Waals surface area contributed by atoms with E-state index < -0.39 is 17.9 Å². The van der Waals surface area contributed by atoms with E-state index in [-0.39, 0.29) is 18.2 Å². The van der Waals surface area contributed by atoms with Crippen molar-refractivity contribution in [2.75, 3.05) is 6.61 Å². The average molecular weight is 267 g/mol. The molecule has 6 nitrogen and oxygen atoms in total. The van der Waals surface area contributed by atoms with E-state index in [0.29, 0.717) is 18.6 Å². The number of hydrogen-bond acceptors (Lipinski definition) is 5. The summed E-state index contributed by atoms with van der Waals surface area (Å²) in [6.45, 7) is 1.95. The molecule has 6 heteroatoms. The van der Waals surface area contributed by atoms with Crippen molar-refractivity contribution in [3.05, 3.63) is 17.8 Å². The monoisotopic (exact) mass is 267 g/mol. The molecule has 1 aliphatic rings. The van der Waals surface area contributed by atoms with E-state index in [1.165, 1.54) is 6.39 Å². The second-order valence-electron chi connectivity index (χ2n) is 4.62. The molecule has 1 N–H and O–H groups in total. The maximum atomic E-state index is 11.8. The minimum absolute atomic E-state index is 0.111. The lowest BCUT2D eigenvalue weighted by Gasteiger charge is -2.26. The highest BCUT2D eigenvalue weighted by atomic mass is 16.5. The minimum atomic E-state index is -0.851. The molecule has 2 atom stereocenters. The topological polar surface area (TPSA) is 89.6 Å². The van der Waals surface area contributed by atoms with Gasteiger partial charge in [0.25, 0.3) is 0 Å². The van der Waals surface area contributed by atoms with E-state index in [0.717, 1.165) is 12.8 Å². The summed E-state index contributed by atoms with van der Waals surface area (Å²) >= 11 is 0. The lowest BCUT2D eigenvalue weighted by atomic mass is 9.77. The summed E-state index contributed by atoms with van der Waals surface area (Å²) in [6.07, 6.45) is 4.28. The van der Waals surface area contributed by atoms with Crippen LogP contribution in [-0.2, 0) is 9.53 Å². The highest BCUT2D eigenvalue weighted by Gasteiger charge is 2.37. The van der Waals surface area contributed by atoms with Gasteiger partial charge in [-0.15, -0.1) is 0 Å². The SMILES string of the molecule is CCOC(=O)c1ncoc1C1CCCCC1C(=O)O. The summed E-state index contributed by atoms with van der Waals surface area (Å²) in [6, 6.07) is 0. The molecular weight excluding hydrogens is 250 g/mol. The molecule has 0 aromatic carbocycles. The molecule has 0 bridgehead atoms. The molecule has 0 spiro atoms. The number of nitrogens with zero attached hydrogens (tertiary/aromatic N) is 1. The standard InChI is InChI=1S/C13H17NO5/c1-2-18-13(17)10-11(19-7-14-10)8-5-3-4-6-9(8)12(15)16/h7-9H,2-6H2,1H3,(H,15,16).